The fraction of sp³-hybridized carbons (Fsp3) is 1.00. The Labute approximate surface area is 170 Å². The number of hydrogen-bond donors (Lipinski definition) is 0. The van der Waals surface area contributed by atoms with Crippen molar-refractivity contribution in [3.63, 3.8) is 0 Å². The first-order valence-corrected chi connectivity index (χ1v) is 7.75. The molecule has 198 valence electrons. The van der Waals surface area contributed by atoms with Crippen LogP contribution in [0.2, 0.25) is 0 Å². The van der Waals surface area contributed by atoms with Crippen LogP contribution in [-0.4, -0.2) is 64.4 Å². The molecule has 0 unspecified atom stereocenters. The highest BCUT2D eigenvalue weighted by Gasteiger charge is 2.64. The molecule has 0 aliphatic rings. The maximum absolute atomic E-state index is 13.0. The van der Waals surface area contributed by atoms with Crippen molar-refractivity contribution in [2.24, 2.45) is 0 Å². The Morgan fingerprint density at radius 3 is 1.25 bits per heavy atom. The molecule has 0 aliphatic heterocycles. The SMILES string of the molecule is C.C.O=S(=O)(OCC(F)(F)OC(F)(F)COCC(F)(F)OC(F)(F)C(F)(F)F)C(F)(F)F. The van der Waals surface area contributed by atoms with Crippen LogP contribution in [0.25, 0.3) is 0 Å². The van der Waals surface area contributed by atoms with Gasteiger partial charge in [0.15, 0.2) is 6.61 Å². The van der Waals surface area contributed by atoms with Gasteiger partial charge >= 0.3 is 46.2 Å². The van der Waals surface area contributed by atoms with Gasteiger partial charge < -0.3 is 4.74 Å². The van der Waals surface area contributed by atoms with Crippen molar-refractivity contribution in [1.29, 1.82) is 0 Å². The van der Waals surface area contributed by atoms with Crippen LogP contribution in [-0.2, 0) is 28.5 Å². The monoisotopic (exact) mass is 540 g/mol. The molecule has 0 aromatic heterocycles. The first kappa shape index (κ1) is 35.4. The number of ether oxygens (including phenoxy) is 3. The molecule has 0 spiro atoms. The lowest BCUT2D eigenvalue weighted by atomic mass is 10.5. The molecule has 0 bridgehead atoms. The van der Waals surface area contributed by atoms with Crippen LogP contribution in [0.4, 0.5) is 61.5 Å². The molecular weight excluding hydrogens is 526 g/mol. The van der Waals surface area contributed by atoms with Gasteiger partial charge in [-0.05, 0) is 0 Å². The highest BCUT2D eigenvalue weighted by Crippen LogP contribution is 2.40. The first-order valence-electron chi connectivity index (χ1n) is 6.34. The Hall–Kier alpha value is -1.19. The molecule has 6 nitrogen and oxygen atoms in total. The molecule has 0 rings (SSSR count). The van der Waals surface area contributed by atoms with Gasteiger partial charge in [-0.25, -0.2) is 4.74 Å². The molecule has 0 N–H and O–H groups in total. The van der Waals surface area contributed by atoms with Crippen LogP contribution in [0.15, 0.2) is 0 Å². The maximum atomic E-state index is 13.0. The summed E-state index contributed by atoms with van der Waals surface area (Å²) >= 11 is 0. The third-order valence-electron chi connectivity index (χ3n) is 2.11. The number of halogens is 14. The van der Waals surface area contributed by atoms with Gasteiger partial charge in [0.1, 0.15) is 13.2 Å². The Kier molecular flexibility index (Phi) is 12.0. The summed E-state index contributed by atoms with van der Waals surface area (Å²) in [6, 6.07) is 0. The Morgan fingerprint density at radius 1 is 0.562 bits per heavy atom. The molecular formula is C11H14F14O6S. The lowest BCUT2D eigenvalue weighted by Gasteiger charge is -2.26. The molecule has 21 heteroatoms. The average molecular weight is 540 g/mol. The van der Waals surface area contributed by atoms with Crippen LogP contribution >= 0.6 is 0 Å². The lowest BCUT2D eigenvalue weighted by molar-refractivity contribution is -0.462. The Bertz CT molecular complexity index is 672. The maximum Gasteiger partial charge on any atom is 0.523 e. The van der Waals surface area contributed by atoms with Gasteiger partial charge in [-0.1, -0.05) is 14.9 Å². The summed E-state index contributed by atoms with van der Waals surface area (Å²) in [7, 11) is -6.67. The molecule has 0 saturated carbocycles. The summed E-state index contributed by atoms with van der Waals surface area (Å²) in [5.41, 5.74) is -6.22. The number of rotatable bonds is 11. The molecule has 0 amide bonds. The van der Waals surface area contributed by atoms with Crippen molar-refractivity contribution < 1.29 is 88.3 Å². The number of hydrogen-bond acceptors (Lipinski definition) is 6. The molecule has 0 aromatic rings. The summed E-state index contributed by atoms with van der Waals surface area (Å²) in [5.74, 6) is 0. The van der Waals surface area contributed by atoms with Gasteiger partial charge in [0.25, 0.3) is 0 Å². The fourth-order valence-corrected chi connectivity index (χ4v) is 1.48. The molecule has 0 aliphatic carbocycles. The van der Waals surface area contributed by atoms with Gasteiger partial charge in [-0.15, -0.1) is 0 Å². The fourth-order valence-electron chi connectivity index (χ4n) is 1.05. The van der Waals surface area contributed by atoms with Gasteiger partial charge in [0.05, 0.1) is 0 Å². The van der Waals surface area contributed by atoms with Crippen LogP contribution in [0.5, 0.6) is 0 Å². The summed E-state index contributed by atoms with van der Waals surface area (Å²) in [4.78, 5) is 0. The second-order valence-electron chi connectivity index (χ2n) is 4.79. The van der Waals surface area contributed by atoms with E-state index >= 15 is 0 Å². The molecule has 0 heterocycles. The van der Waals surface area contributed by atoms with Gasteiger partial charge in [-0.3, -0.25) is 8.92 Å². The molecule has 0 saturated heterocycles. The number of alkyl halides is 14. The zero-order valence-electron chi connectivity index (χ0n) is 13.3. The standard InChI is InChI=1S/C9H6F14O6S.2CH4/c10-4(11,28-6(14,15)3-27-30(24,25)9(21,22)23)1-26-2-5(12,13)29-8(19,20)7(16,17)18;;/h1-3H2;2*1H4. The summed E-state index contributed by atoms with van der Waals surface area (Å²) in [6.07, 6.45) is -29.6. The first-order chi connectivity index (χ1) is 12.8. The molecule has 0 aromatic carbocycles. The van der Waals surface area contributed by atoms with Crippen LogP contribution in [0.3, 0.4) is 0 Å². The molecule has 0 atom stereocenters. The van der Waals surface area contributed by atoms with Crippen molar-refractivity contribution in [3.05, 3.63) is 0 Å². The van der Waals surface area contributed by atoms with Crippen molar-refractivity contribution in [1.82, 2.24) is 0 Å². The summed E-state index contributed by atoms with van der Waals surface area (Å²) < 4.78 is 204. The van der Waals surface area contributed by atoms with Crippen LogP contribution < -0.4 is 0 Å². The molecule has 0 fully saturated rings. The van der Waals surface area contributed by atoms with E-state index in [9.17, 15) is 69.9 Å². The van der Waals surface area contributed by atoms with Crippen molar-refractivity contribution in [2.75, 3.05) is 19.8 Å². The van der Waals surface area contributed by atoms with Crippen molar-refractivity contribution >= 4 is 10.1 Å². The van der Waals surface area contributed by atoms with Crippen LogP contribution in [0.1, 0.15) is 14.9 Å². The largest absolute Gasteiger partial charge is 0.523 e. The smallest absolute Gasteiger partial charge is 0.363 e. The van der Waals surface area contributed by atoms with Gasteiger partial charge in [-0.2, -0.15) is 69.9 Å². The zero-order valence-corrected chi connectivity index (χ0v) is 14.1. The molecule has 0 radical (unpaired) electrons. The van der Waals surface area contributed by atoms with E-state index in [1.807, 2.05) is 0 Å². The van der Waals surface area contributed by atoms with Crippen molar-refractivity contribution in [2.45, 2.75) is 51.0 Å². The van der Waals surface area contributed by atoms with Crippen molar-refractivity contribution in [3.8, 4) is 0 Å². The third kappa shape index (κ3) is 11.6. The van der Waals surface area contributed by atoms with E-state index in [1.54, 1.807) is 0 Å². The average Bonchev–Trinajstić information content (AvgIpc) is 2.39. The topological polar surface area (TPSA) is 71.1 Å². The van der Waals surface area contributed by atoms with E-state index in [2.05, 4.69) is 18.4 Å². The van der Waals surface area contributed by atoms with E-state index in [-0.39, 0.29) is 14.9 Å². The van der Waals surface area contributed by atoms with Crippen LogP contribution in [0, 0.1) is 0 Å². The van der Waals surface area contributed by atoms with E-state index in [0.29, 0.717) is 0 Å². The highest BCUT2D eigenvalue weighted by molar-refractivity contribution is 7.87. The minimum Gasteiger partial charge on any atom is -0.363 e. The highest BCUT2D eigenvalue weighted by atomic mass is 32.2. The third-order valence-corrected chi connectivity index (χ3v) is 3.11. The second kappa shape index (κ2) is 10.8. The second-order valence-corrected chi connectivity index (χ2v) is 6.39. The lowest BCUT2D eigenvalue weighted by Crippen LogP contribution is -2.47. The predicted octanol–water partition coefficient (Wildman–Crippen LogP) is 5.11. The van der Waals surface area contributed by atoms with E-state index in [0.717, 1.165) is 0 Å². The normalized spacial score (nSPS) is 14.6. The molecule has 32 heavy (non-hydrogen) atoms. The van der Waals surface area contributed by atoms with E-state index < -0.39 is 66.1 Å². The zero-order chi connectivity index (χ0) is 24.4. The summed E-state index contributed by atoms with van der Waals surface area (Å²) in [5, 5.41) is 0. The quantitative estimate of drug-likeness (QED) is 0.206. The minimum absolute atomic E-state index is 0. The summed E-state index contributed by atoms with van der Waals surface area (Å²) in [6.45, 7) is -8.45. The van der Waals surface area contributed by atoms with E-state index in [1.165, 1.54) is 0 Å². The predicted molar refractivity (Wildman–Crippen MR) is 73.2 cm³/mol. The Balaban J connectivity index is -0.00000420. The van der Waals surface area contributed by atoms with E-state index in [4.69, 9.17) is 0 Å². The van der Waals surface area contributed by atoms with Gasteiger partial charge in [0, 0.05) is 0 Å². The minimum atomic E-state index is -6.67. The van der Waals surface area contributed by atoms with Gasteiger partial charge in [0.2, 0.25) is 0 Å². The Morgan fingerprint density at radius 2 is 0.906 bits per heavy atom.